The zero-order chi connectivity index (χ0) is 19.4. The highest BCUT2D eigenvalue weighted by Gasteiger charge is 2.68. The molecule has 136 valence electrons. The van der Waals surface area contributed by atoms with Crippen molar-refractivity contribution in [3.05, 3.63) is 63.9 Å². The van der Waals surface area contributed by atoms with Crippen LogP contribution in [0.4, 0.5) is 4.39 Å². The second-order valence-corrected chi connectivity index (χ2v) is 8.02. The molecular formula is C18H11Cl4FO3. The number of carbonyl (C=O) groups is 2. The molecule has 0 heterocycles. The van der Waals surface area contributed by atoms with Crippen molar-refractivity contribution in [3.63, 3.8) is 0 Å². The molecule has 0 amide bonds. The van der Waals surface area contributed by atoms with Gasteiger partial charge in [-0.2, -0.15) is 0 Å². The van der Waals surface area contributed by atoms with Crippen LogP contribution in [-0.4, -0.2) is 26.4 Å². The maximum absolute atomic E-state index is 13.9. The van der Waals surface area contributed by atoms with Gasteiger partial charge in [-0.1, -0.05) is 54.1 Å². The molecule has 2 aliphatic carbocycles. The van der Waals surface area contributed by atoms with Crippen molar-refractivity contribution in [1.29, 1.82) is 0 Å². The van der Waals surface area contributed by atoms with Gasteiger partial charge in [-0.25, -0.2) is 4.39 Å². The summed E-state index contributed by atoms with van der Waals surface area (Å²) in [5, 5.41) is 9.17. The third kappa shape index (κ3) is 2.32. The highest BCUT2D eigenvalue weighted by atomic mass is 35.5. The fraction of sp³-hybridized carbons (Fsp3) is 0.222. The van der Waals surface area contributed by atoms with Crippen molar-refractivity contribution >= 4 is 58.0 Å². The second-order valence-electron chi connectivity index (χ2n) is 6.02. The summed E-state index contributed by atoms with van der Waals surface area (Å²) in [7, 11) is 0. The molecule has 0 radical (unpaired) electrons. The molecule has 8 heteroatoms. The summed E-state index contributed by atoms with van der Waals surface area (Å²) in [6, 6.07) is 3.78. The zero-order valence-corrected chi connectivity index (χ0v) is 16.1. The standard InChI is InChI=1S/C18H11Cl4FO3/c1-2-8-6-7-17(21)15(25)12(19)13(20)16(26)18(17,22)11(8)9-4-3-5-10(23)14(9)24/h2-6,11,24H,1,7H2/t11-,17-,18+/m1/s1. The minimum absolute atomic E-state index is 0.0143. The van der Waals surface area contributed by atoms with E-state index in [1.54, 1.807) is 6.08 Å². The van der Waals surface area contributed by atoms with Crippen LogP contribution in [0.15, 0.2) is 52.6 Å². The molecule has 0 saturated carbocycles. The highest BCUT2D eigenvalue weighted by molar-refractivity contribution is 6.66. The number of aromatic hydroxyl groups is 1. The Morgan fingerprint density at radius 2 is 1.81 bits per heavy atom. The topological polar surface area (TPSA) is 54.4 Å². The van der Waals surface area contributed by atoms with E-state index < -0.39 is 48.9 Å². The number of para-hydroxylation sites is 1. The first-order valence-corrected chi connectivity index (χ1v) is 8.95. The number of alkyl halides is 2. The van der Waals surface area contributed by atoms with Crippen LogP contribution in [-0.2, 0) is 9.59 Å². The third-order valence-electron chi connectivity index (χ3n) is 4.77. The van der Waals surface area contributed by atoms with E-state index in [0.29, 0.717) is 5.57 Å². The molecule has 3 nitrogen and oxygen atoms in total. The summed E-state index contributed by atoms with van der Waals surface area (Å²) >= 11 is 25.1. The fourth-order valence-electron chi connectivity index (χ4n) is 3.45. The van der Waals surface area contributed by atoms with E-state index in [9.17, 15) is 19.1 Å². The molecule has 1 aromatic carbocycles. The van der Waals surface area contributed by atoms with Crippen molar-refractivity contribution in [1.82, 2.24) is 0 Å². The van der Waals surface area contributed by atoms with E-state index in [1.807, 2.05) is 0 Å². The Morgan fingerprint density at radius 1 is 1.19 bits per heavy atom. The summed E-state index contributed by atoms with van der Waals surface area (Å²) < 4.78 is 13.9. The molecule has 3 atom stereocenters. The smallest absolute Gasteiger partial charge is 0.199 e. The zero-order valence-electron chi connectivity index (χ0n) is 13.0. The number of hydrogen-bond acceptors (Lipinski definition) is 3. The van der Waals surface area contributed by atoms with Gasteiger partial charge in [0.15, 0.2) is 23.1 Å². The molecule has 0 unspecified atom stereocenters. The first kappa shape index (κ1) is 19.4. The lowest BCUT2D eigenvalue weighted by molar-refractivity contribution is -0.127. The van der Waals surface area contributed by atoms with E-state index in [-0.39, 0.29) is 12.0 Å². The van der Waals surface area contributed by atoms with Gasteiger partial charge in [-0.3, -0.25) is 9.59 Å². The monoisotopic (exact) mass is 434 g/mol. The molecule has 0 aliphatic heterocycles. The van der Waals surface area contributed by atoms with E-state index >= 15 is 0 Å². The van der Waals surface area contributed by atoms with Crippen molar-refractivity contribution in [2.24, 2.45) is 0 Å². The Labute approximate surface area is 168 Å². The Morgan fingerprint density at radius 3 is 2.42 bits per heavy atom. The van der Waals surface area contributed by atoms with Crippen LogP contribution in [0.3, 0.4) is 0 Å². The lowest BCUT2D eigenvalue weighted by Crippen LogP contribution is -2.64. The normalized spacial score (nSPS) is 31.6. The quantitative estimate of drug-likeness (QED) is 0.670. The number of phenolic OH excluding ortho intramolecular Hbond substituents is 1. The number of ketones is 2. The molecular weight excluding hydrogens is 425 g/mol. The molecule has 0 saturated heterocycles. The second kappa shape index (κ2) is 6.38. The number of hydrogen-bond donors (Lipinski definition) is 1. The maximum atomic E-state index is 13.9. The van der Waals surface area contributed by atoms with Gasteiger partial charge in [0.2, 0.25) is 0 Å². The summed E-state index contributed by atoms with van der Waals surface area (Å²) in [5.41, 5.74) is 0.389. The Bertz CT molecular complexity index is 923. The van der Waals surface area contributed by atoms with Crippen molar-refractivity contribution in [2.45, 2.75) is 22.1 Å². The molecule has 0 spiro atoms. The number of rotatable bonds is 2. The highest BCUT2D eigenvalue weighted by Crippen LogP contribution is 2.60. The SMILES string of the molecule is C=CC1=CC[C@@]2(Cl)C(=O)C(Cl)=C(Cl)C(=O)[C@@]2(Cl)[C@H]1c1cccc(F)c1O. The molecule has 2 aliphatic rings. The predicted octanol–water partition coefficient (Wildman–Crippen LogP) is 4.93. The lowest BCUT2D eigenvalue weighted by Gasteiger charge is -2.49. The van der Waals surface area contributed by atoms with Gasteiger partial charge in [0.05, 0.1) is 0 Å². The van der Waals surface area contributed by atoms with E-state index in [1.165, 1.54) is 18.2 Å². The third-order valence-corrected chi connectivity index (χ3v) is 7.02. The van der Waals surface area contributed by atoms with Gasteiger partial charge in [0.1, 0.15) is 19.8 Å². The maximum Gasteiger partial charge on any atom is 0.199 e. The van der Waals surface area contributed by atoms with Crippen LogP contribution < -0.4 is 0 Å². The van der Waals surface area contributed by atoms with Crippen LogP contribution in [0.25, 0.3) is 0 Å². The first-order chi connectivity index (χ1) is 12.1. The van der Waals surface area contributed by atoms with Gasteiger partial charge in [0, 0.05) is 11.5 Å². The Kier molecular flexibility index (Phi) is 4.77. The number of Topliss-reactive ketones (excluding diaryl/α,β-unsaturated/α-hetero) is 2. The van der Waals surface area contributed by atoms with Crippen LogP contribution in [0.1, 0.15) is 17.9 Å². The molecule has 1 N–H and O–H groups in total. The number of carbonyl (C=O) groups excluding carboxylic acids is 2. The van der Waals surface area contributed by atoms with Gasteiger partial charge in [-0.15, -0.1) is 23.2 Å². The van der Waals surface area contributed by atoms with Crippen LogP contribution in [0, 0.1) is 5.82 Å². The number of benzene rings is 1. The van der Waals surface area contributed by atoms with Gasteiger partial charge >= 0.3 is 0 Å². The number of phenols is 1. The predicted molar refractivity (Wildman–Crippen MR) is 99.6 cm³/mol. The van der Waals surface area contributed by atoms with E-state index in [2.05, 4.69) is 6.58 Å². The summed E-state index contributed by atoms with van der Waals surface area (Å²) in [5.74, 6) is -4.46. The van der Waals surface area contributed by atoms with Crippen LogP contribution in [0.2, 0.25) is 0 Å². The molecule has 0 fully saturated rings. The number of halogens is 5. The Balaban J connectivity index is 2.38. The van der Waals surface area contributed by atoms with E-state index in [0.717, 1.165) is 6.07 Å². The number of fused-ring (bicyclic) bond motifs is 1. The largest absolute Gasteiger partial charge is 0.505 e. The molecule has 0 aromatic heterocycles. The Hall–Kier alpha value is -1.33. The molecule has 1 aromatic rings. The summed E-state index contributed by atoms with van der Waals surface area (Å²) in [6.07, 6.45) is 2.85. The molecule has 26 heavy (non-hydrogen) atoms. The lowest BCUT2D eigenvalue weighted by atomic mass is 9.62. The minimum atomic E-state index is -2.12. The van der Waals surface area contributed by atoms with Gasteiger partial charge in [-0.05, 0) is 18.1 Å². The van der Waals surface area contributed by atoms with Crippen molar-refractivity contribution in [2.75, 3.05) is 0 Å². The molecule has 0 bridgehead atoms. The first-order valence-electron chi connectivity index (χ1n) is 7.43. The van der Waals surface area contributed by atoms with Gasteiger partial charge in [0.25, 0.3) is 0 Å². The number of allylic oxidation sites excluding steroid dienone is 5. The average molecular weight is 436 g/mol. The fourth-order valence-corrected chi connectivity index (χ4v) is 4.89. The molecule has 3 rings (SSSR count). The average Bonchev–Trinajstić information content (AvgIpc) is 2.63. The summed E-state index contributed by atoms with van der Waals surface area (Å²) in [4.78, 5) is 21.7. The van der Waals surface area contributed by atoms with Crippen LogP contribution >= 0.6 is 46.4 Å². The minimum Gasteiger partial charge on any atom is -0.505 e. The van der Waals surface area contributed by atoms with Gasteiger partial charge < -0.3 is 5.11 Å². The summed E-state index contributed by atoms with van der Waals surface area (Å²) in [6.45, 7) is 3.67. The van der Waals surface area contributed by atoms with Crippen molar-refractivity contribution in [3.8, 4) is 5.75 Å². The van der Waals surface area contributed by atoms with Crippen molar-refractivity contribution < 1.29 is 19.1 Å². The van der Waals surface area contributed by atoms with Crippen LogP contribution in [0.5, 0.6) is 5.75 Å². The van der Waals surface area contributed by atoms with E-state index in [4.69, 9.17) is 46.4 Å².